The van der Waals surface area contributed by atoms with E-state index in [1.165, 1.54) is 17.8 Å². The zero-order valence-corrected chi connectivity index (χ0v) is 17.9. The molecule has 0 aliphatic rings. The molecule has 2 aromatic carbocycles. The molecule has 0 atom stereocenters. The summed E-state index contributed by atoms with van der Waals surface area (Å²) in [6, 6.07) is 19.5. The molecule has 1 heterocycles. The van der Waals surface area contributed by atoms with Crippen LogP contribution in [0.2, 0.25) is 0 Å². The summed E-state index contributed by atoms with van der Waals surface area (Å²) in [6.45, 7) is 0. The van der Waals surface area contributed by atoms with Crippen LogP contribution in [0.5, 0.6) is 0 Å². The Hall–Kier alpha value is -2.35. The van der Waals surface area contributed by atoms with Crippen LogP contribution in [0.25, 0.3) is 16.5 Å². The van der Waals surface area contributed by atoms with Crippen molar-refractivity contribution in [2.75, 3.05) is 11.1 Å². The summed E-state index contributed by atoms with van der Waals surface area (Å²) in [6.07, 6.45) is 3.30. The molecule has 3 aromatic rings. The average molecular weight is 473 g/mol. The minimum atomic E-state index is -0.398. The Morgan fingerprint density at radius 3 is 2.57 bits per heavy atom. The summed E-state index contributed by atoms with van der Waals surface area (Å²) in [5.41, 5.74) is 6.99. The zero-order chi connectivity index (χ0) is 19.9. The van der Waals surface area contributed by atoms with Gasteiger partial charge >= 0.3 is 0 Å². The third-order valence-electron chi connectivity index (χ3n) is 3.67. The van der Waals surface area contributed by atoms with Gasteiger partial charge in [-0.05, 0) is 48.0 Å². The predicted octanol–water partition coefficient (Wildman–Crippen LogP) is 5.41. The van der Waals surface area contributed by atoms with E-state index in [2.05, 4.69) is 33.4 Å². The third kappa shape index (κ3) is 5.82. The number of rotatable bonds is 7. The van der Waals surface area contributed by atoms with E-state index in [0.29, 0.717) is 5.69 Å². The fraction of sp³-hybridized carbons (Fsp3) is 0.0476. The monoisotopic (exact) mass is 472 g/mol. The first-order chi connectivity index (χ1) is 13.5. The van der Waals surface area contributed by atoms with Gasteiger partial charge in [0.05, 0.1) is 11.4 Å². The molecular weight excluding hydrogens is 456 g/mol. The van der Waals surface area contributed by atoms with Crippen molar-refractivity contribution >= 4 is 62.6 Å². The highest BCUT2D eigenvalue weighted by Gasteiger charge is 2.07. The summed E-state index contributed by atoms with van der Waals surface area (Å²) >= 11 is 6.35. The number of para-hydroxylation sites is 1. The van der Waals surface area contributed by atoms with Crippen LogP contribution < -0.4 is 11.1 Å². The van der Waals surface area contributed by atoms with Gasteiger partial charge in [-0.15, -0.1) is 23.1 Å². The van der Waals surface area contributed by atoms with E-state index in [4.69, 9.17) is 5.73 Å². The Kier molecular flexibility index (Phi) is 7.08. The lowest BCUT2D eigenvalue weighted by molar-refractivity contribution is -0.115. The van der Waals surface area contributed by atoms with Crippen molar-refractivity contribution in [3.63, 3.8) is 0 Å². The number of amides is 2. The normalized spacial score (nSPS) is 10.9. The summed E-state index contributed by atoms with van der Waals surface area (Å²) in [5.74, 6) is -0.465. The van der Waals surface area contributed by atoms with Gasteiger partial charge in [0.15, 0.2) is 0 Å². The Morgan fingerprint density at radius 1 is 1.07 bits per heavy atom. The summed E-state index contributed by atoms with van der Waals surface area (Å²) in [7, 11) is 0. The highest BCUT2D eigenvalue weighted by molar-refractivity contribution is 9.10. The highest BCUT2D eigenvalue weighted by Crippen LogP contribution is 2.30. The van der Waals surface area contributed by atoms with Crippen LogP contribution in [-0.2, 0) is 9.59 Å². The first-order valence-electron chi connectivity index (χ1n) is 8.36. The topological polar surface area (TPSA) is 72.2 Å². The number of hydrogen-bond acceptors (Lipinski definition) is 4. The number of nitrogens with one attached hydrogen (secondary N) is 1. The predicted molar refractivity (Wildman–Crippen MR) is 121 cm³/mol. The van der Waals surface area contributed by atoms with Crippen molar-refractivity contribution in [1.82, 2.24) is 0 Å². The first kappa shape index (κ1) is 20.4. The molecule has 0 aliphatic carbocycles. The smallest absolute Gasteiger partial charge is 0.248 e. The number of thioether (sulfide) groups is 1. The van der Waals surface area contributed by atoms with E-state index in [-0.39, 0.29) is 11.7 Å². The minimum Gasteiger partial charge on any atom is -0.369 e. The van der Waals surface area contributed by atoms with Crippen molar-refractivity contribution in [3.8, 4) is 10.4 Å². The lowest BCUT2D eigenvalue weighted by atomic mass is 10.2. The molecule has 2 amide bonds. The van der Waals surface area contributed by atoms with Gasteiger partial charge < -0.3 is 11.1 Å². The molecule has 0 unspecified atom stereocenters. The van der Waals surface area contributed by atoms with Gasteiger partial charge in [0.25, 0.3) is 0 Å². The van der Waals surface area contributed by atoms with Gasteiger partial charge in [0.2, 0.25) is 11.8 Å². The van der Waals surface area contributed by atoms with Gasteiger partial charge in [0, 0.05) is 25.2 Å². The van der Waals surface area contributed by atoms with E-state index in [9.17, 15) is 9.59 Å². The number of anilines is 1. The van der Waals surface area contributed by atoms with E-state index in [1.807, 2.05) is 42.5 Å². The van der Waals surface area contributed by atoms with Crippen LogP contribution >= 0.6 is 39.0 Å². The quantitative estimate of drug-likeness (QED) is 0.356. The fourth-order valence-electron chi connectivity index (χ4n) is 2.39. The van der Waals surface area contributed by atoms with Crippen molar-refractivity contribution in [1.29, 1.82) is 0 Å². The number of carbonyl (C=O) groups is 2. The number of carbonyl (C=O) groups excluding carboxylic acids is 2. The van der Waals surface area contributed by atoms with Crippen LogP contribution in [0.4, 0.5) is 5.69 Å². The Morgan fingerprint density at radius 2 is 1.82 bits per heavy atom. The molecule has 7 heteroatoms. The maximum atomic E-state index is 12.3. The second kappa shape index (κ2) is 9.73. The van der Waals surface area contributed by atoms with Crippen molar-refractivity contribution in [3.05, 3.63) is 76.1 Å². The van der Waals surface area contributed by atoms with Crippen LogP contribution in [0.1, 0.15) is 4.88 Å². The number of hydrogen-bond donors (Lipinski definition) is 2. The SMILES string of the molecule is NC(=O)CSc1ccccc1NC(=O)/C=C/c1ccc(-c2ccc(Br)cc2)s1. The third-order valence-corrected chi connectivity index (χ3v) is 6.39. The van der Waals surface area contributed by atoms with Crippen molar-refractivity contribution in [2.24, 2.45) is 5.73 Å². The highest BCUT2D eigenvalue weighted by atomic mass is 79.9. The van der Waals surface area contributed by atoms with Gasteiger partial charge in [-0.1, -0.05) is 40.2 Å². The number of benzene rings is 2. The number of halogens is 1. The maximum absolute atomic E-state index is 12.3. The largest absolute Gasteiger partial charge is 0.369 e. The lowest BCUT2D eigenvalue weighted by Crippen LogP contribution is -2.13. The average Bonchev–Trinajstić information content (AvgIpc) is 3.15. The second-order valence-corrected chi connectivity index (χ2v) is 8.83. The molecule has 28 heavy (non-hydrogen) atoms. The van der Waals surface area contributed by atoms with E-state index in [0.717, 1.165) is 24.7 Å². The molecule has 3 N–H and O–H groups in total. The molecule has 4 nitrogen and oxygen atoms in total. The summed E-state index contributed by atoms with van der Waals surface area (Å²) in [4.78, 5) is 26.2. The van der Waals surface area contributed by atoms with Gasteiger partial charge in [0.1, 0.15) is 0 Å². The standard InChI is InChI=1S/C21H17BrN2O2S2/c22-15-7-5-14(6-8-15)18-11-9-16(28-18)10-12-21(26)24-17-3-1-2-4-19(17)27-13-20(23)25/h1-12H,13H2,(H2,23,25)(H,24,26)/b12-10+. The molecule has 0 bridgehead atoms. The number of primary amides is 1. The molecular formula is C21H17BrN2O2S2. The summed E-state index contributed by atoms with van der Waals surface area (Å²) < 4.78 is 1.04. The number of thiophene rings is 1. The molecule has 0 fully saturated rings. The first-order valence-corrected chi connectivity index (χ1v) is 11.0. The van der Waals surface area contributed by atoms with Crippen LogP contribution in [0.3, 0.4) is 0 Å². The molecule has 0 radical (unpaired) electrons. The Labute approximate surface area is 180 Å². The van der Waals surface area contributed by atoms with Crippen molar-refractivity contribution < 1.29 is 9.59 Å². The van der Waals surface area contributed by atoms with E-state index >= 15 is 0 Å². The van der Waals surface area contributed by atoms with Crippen LogP contribution in [-0.4, -0.2) is 17.6 Å². The van der Waals surface area contributed by atoms with Crippen LogP contribution in [0, 0.1) is 0 Å². The van der Waals surface area contributed by atoms with Gasteiger partial charge in [-0.25, -0.2) is 0 Å². The Balaban J connectivity index is 1.65. The molecule has 142 valence electrons. The lowest BCUT2D eigenvalue weighted by Gasteiger charge is -2.08. The fourth-order valence-corrected chi connectivity index (χ4v) is 4.32. The molecule has 0 saturated heterocycles. The Bertz CT molecular complexity index is 1010. The maximum Gasteiger partial charge on any atom is 0.248 e. The van der Waals surface area contributed by atoms with E-state index < -0.39 is 5.91 Å². The zero-order valence-electron chi connectivity index (χ0n) is 14.7. The molecule has 0 saturated carbocycles. The second-order valence-electron chi connectivity index (χ2n) is 5.78. The molecule has 0 spiro atoms. The molecule has 3 rings (SSSR count). The van der Waals surface area contributed by atoms with Gasteiger partial charge in [-0.3, -0.25) is 9.59 Å². The van der Waals surface area contributed by atoms with Crippen LogP contribution in [0.15, 0.2) is 76.1 Å². The molecule has 1 aromatic heterocycles. The molecule has 0 aliphatic heterocycles. The van der Waals surface area contributed by atoms with Crippen molar-refractivity contribution in [2.45, 2.75) is 4.90 Å². The number of nitrogens with two attached hydrogens (primary N) is 1. The van der Waals surface area contributed by atoms with E-state index in [1.54, 1.807) is 23.5 Å². The van der Waals surface area contributed by atoms with Gasteiger partial charge in [-0.2, -0.15) is 0 Å². The summed E-state index contributed by atoms with van der Waals surface area (Å²) in [5, 5.41) is 2.85. The minimum absolute atomic E-state index is 0.163.